The molecule has 0 spiro atoms. The van der Waals surface area contributed by atoms with E-state index >= 15 is 0 Å². The van der Waals surface area contributed by atoms with Crippen molar-refractivity contribution < 1.29 is 18.0 Å². The Bertz CT molecular complexity index is 427. The summed E-state index contributed by atoms with van der Waals surface area (Å²) >= 11 is 0. The Kier molecular flexibility index (Phi) is 4.94. The van der Waals surface area contributed by atoms with Gasteiger partial charge in [-0.2, -0.15) is 13.2 Å². The second-order valence-corrected chi connectivity index (χ2v) is 4.56. The van der Waals surface area contributed by atoms with Crippen molar-refractivity contribution in [2.45, 2.75) is 32.6 Å². The summed E-state index contributed by atoms with van der Waals surface area (Å²) in [5, 5.41) is 2.64. The Hall–Kier alpha value is -1.56. The Balaban J connectivity index is 2.58. The van der Waals surface area contributed by atoms with Crippen LogP contribution < -0.4 is 11.1 Å². The van der Waals surface area contributed by atoms with Gasteiger partial charge in [0.25, 0.3) is 0 Å². The summed E-state index contributed by atoms with van der Waals surface area (Å²) in [5.41, 5.74) is 5.49. The molecule has 0 saturated heterocycles. The van der Waals surface area contributed by atoms with Gasteiger partial charge in [-0.1, -0.05) is 19.1 Å². The Labute approximate surface area is 110 Å². The van der Waals surface area contributed by atoms with E-state index in [4.69, 9.17) is 5.73 Å². The summed E-state index contributed by atoms with van der Waals surface area (Å²) in [5.74, 6) is -0.552. The highest BCUT2D eigenvalue weighted by Gasteiger charge is 2.29. The number of hydrogen-bond donors (Lipinski definition) is 2. The molecule has 2 unspecified atom stereocenters. The fourth-order valence-electron chi connectivity index (χ4n) is 1.40. The van der Waals surface area contributed by atoms with Gasteiger partial charge < -0.3 is 11.1 Å². The van der Waals surface area contributed by atoms with Crippen LogP contribution in [-0.2, 0) is 17.5 Å². The van der Waals surface area contributed by atoms with Gasteiger partial charge in [0.1, 0.15) is 0 Å². The summed E-state index contributed by atoms with van der Waals surface area (Å²) in [4.78, 5) is 11.6. The van der Waals surface area contributed by atoms with Gasteiger partial charge in [-0.25, -0.2) is 0 Å². The molecule has 0 aliphatic carbocycles. The second-order valence-electron chi connectivity index (χ2n) is 4.56. The summed E-state index contributed by atoms with van der Waals surface area (Å²) in [6.45, 7) is 3.61. The van der Waals surface area contributed by atoms with Crippen LogP contribution in [0, 0.1) is 5.92 Å². The van der Waals surface area contributed by atoms with Crippen LogP contribution in [0.5, 0.6) is 0 Å². The Morgan fingerprint density at radius 1 is 1.26 bits per heavy atom. The molecule has 1 amide bonds. The van der Waals surface area contributed by atoms with E-state index in [-0.39, 0.29) is 24.4 Å². The number of nitrogens with two attached hydrogens (primary N) is 1. The van der Waals surface area contributed by atoms with E-state index in [9.17, 15) is 18.0 Å². The monoisotopic (exact) mass is 274 g/mol. The number of amides is 1. The number of carbonyl (C=O) groups excluding carboxylic acids is 1. The Morgan fingerprint density at radius 2 is 1.79 bits per heavy atom. The minimum absolute atomic E-state index is 0.189. The largest absolute Gasteiger partial charge is 0.416 e. The molecule has 106 valence electrons. The second kappa shape index (κ2) is 6.06. The van der Waals surface area contributed by atoms with Crippen molar-refractivity contribution in [2.24, 2.45) is 11.7 Å². The molecule has 6 heteroatoms. The zero-order valence-corrected chi connectivity index (χ0v) is 10.8. The van der Waals surface area contributed by atoms with E-state index in [1.165, 1.54) is 12.1 Å². The normalized spacial score (nSPS) is 14.8. The lowest BCUT2D eigenvalue weighted by Crippen LogP contribution is -2.38. The smallest absolute Gasteiger partial charge is 0.352 e. The molecule has 3 N–H and O–H groups in total. The first-order valence-corrected chi connectivity index (χ1v) is 5.91. The third kappa shape index (κ3) is 4.55. The summed E-state index contributed by atoms with van der Waals surface area (Å²) in [6, 6.07) is 4.42. The van der Waals surface area contributed by atoms with Crippen LogP contribution in [0.25, 0.3) is 0 Å². The van der Waals surface area contributed by atoms with Gasteiger partial charge in [0, 0.05) is 18.5 Å². The standard InChI is InChI=1S/C13H17F3N2O/c1-8(9(2)17)12(19)18-7-10-3-5-11(6-4-10)13(14,15)16/h3-6,8-9H,7,17H2,1-2H3,(H,18,19). The number of carbonyl (C=O) groups is 1. The van der Waals surface area contributed by atoms with E-state index in [1.54, 1.807) is 13.8 Å². The van der Waals surface area contributed by atoms with Gasteiger partial charge in [-0.3, -0.25) is 4.79 Å². The first-order chi connectivity index (χ1) is 8.71. The van der Waals surface area contributed by atoms with E-state index in [1.807, 2.05) is 0 Å². The molecule has 0 fully saturated rings. The lowest BCUT2D eigenvalue weighted by molar-refractivity contribution is -0.137. The number of nitrogens with one attached hydrogen (secondary N) is 1. The molecule has 0 aliphatic rings. The number of halogens is 3. The minimum Gasteiger partial charge on any atom is -0.352 e. The first-order valence-electron chi connectivity index (χ1n) is 5.91. The molecular formula is C13H17F3N2O. The molecule has 0 heterocycles. The highest BCUT2D eigenvalue weighted by Crippen LogP contribution is 2.29. The van der Waals surface area contributed by atoms with Crippen LogP contribution in [0.1, 0.15) is 25.0 Å². The molecule has 3 nitrogen and oxygen atoms in total. The molecule has 1 aromatic rings. The van der Waals surface area contributed by atoms with Crippen molar-refractivity contribution in [1.29, 1.82) is 0 Å². The van der Waals surface area contributed by atoms with Crippen molar-refractivity contribution in [1.82, 2.24) is 5.32 Å². The fraction of sp³-hybridized carbons (Fsp3) is 0.462. The highest BCUT2D eigenvalue weighted by atomic mass is 19.4. The molecular weight excluding hydrogens is 257 g/mol. The summed E-state index contributed by atoms with van der Waals surface area (Å²) in [6.07, 6.45) is -4.34. The molecule has 2 atom stereocenters. The molecule has 0 aliphatic heterocycles. The van der Waals surface area contributed by atoms with Gasteiger partial charge in [0.15, 0.2) is 0 Å². The van der Waals surface area contributed by atoms with Gasteiger partial charge >= 0.3 is 6.18 Å². The lowest BCUT2D eigenvalue weighted by atomic mass is 10.0. The van der Waals surface area contributed by atoms with Crippen molar-refractivity contribution in [3.8, 4) is 0 Å². The van der Waals surface area contributed by atoms with Gasteiger partial charge in [-0.15, -0.1) is 0 Å². The number of hydrogen-bond acceptors (Lipinski definition) is 2. The molecule has 0 radical (unpaired) electrons. The van der Waals surface area contributed by atoms with Crippen LogP contribution in [0.3, 0.4) is 0 Å². The van der Waals surface area contributed by atoms with Crippen molar-refractivity contribution in [2.75, 3.05) is 0 Å². The molecule has 0 saturated carbocycles. The van der Waals surface area contributed by atoms with Crippen molar-refractivity contribution >= 4 is 5.91 Å². The minimum atomic E-state index is -4.34. The summed E-state index contributed by atoms with van der Waals surface area (Å²) < 4.78 is 37.0. The first kappa shape index (κ1) is 15.5. The van der Waals surface area contributed by atoms with Crippen LogP contribution in [-0.4, -0.2) is 11.9 Å². The average molecular weight is 274 g/mol. The zero-order chi connectivity index (χ0) is 14.6. The predicted octanol–water partition coefficient (Wildman–Crippen LogP) is 2.30. The number of rotatable bonds is 4. The maximum Gasteiger partial charge on any atom is 0.416 e. The molecule has 1 aromatic carbocycles. The molecule has 0 bridgehead atoms. The highest BCUT2D eigenvalue weighted by molar-refractivity contribution is 5.78. The average Bonchev–Trinajstić information content (AvgIpc) is 2.34. The van der Waals surface area contributed by atoms with Crippen molar-refractivity contribution in [3.63, 3.8) is 0 Å². The van der Waals surface area contributed by atoms with Gasteiger partial charge in [0.05, 0.1) is 5.56 Å². The topological polar surface area (TPSA) is 55.1 Å². The van der Waals surface area contributed by atoms with Crippen LogP contribution >= 0.6 is 0 Å². The third-order valence-corrected chi connectivity index (χ3v) is 2.95. The van der Waals surface area contributed by atoms with Crippen molar-refractivity contribution in [3.05, 3.63) is 35.4 Å². The molecule has 19 heavy (non-hydrogen) atoms. The van der Waals surface area contributed by atoms with Crippen LogP contribution in [0.4, 0.5) is 13.2 Å². The number of benzene rings is 1. The third-order valence-electron chi connectivity index (χ3n) is 2.95. The van der Waals surface area contributed by atoms with E-state index in [0.717, 1.165) is 12.1 Å². The fourth-order valence-corrected chi connectivity index (χ4v) is 1.40. The zero-order valence-electron chi connectivity index (χ0n) is 10.8. The lowest BCUT2D eigenvalue weighted by Gasteiger charge is -2.15. The van der Waals surface area contributed by atoms with E-state index in [0.29, 0.717) is 5.56 Å². The van der Waals surface area contributed by atoms with E-state index in [2.05, 4.69) is 5.32 Å². The SMILES string of the molecule is CC(N)C(C)C(=O)NCc1ccc(C(F)(F)F)cc1. The quantitative estimate of drug-likeness (QED) is 0.885. The molecule has 0 aromatic heterocycles. The maximum atomic E-state index is 12.3. The molecule has 1 rings (SSSR count). The van der Waals surface area contributed by atoms with Gasteiger partial charge in [-0.05, 0) is 24.6 Å². The number of alkyl halides is 3. The van der Waals surface area contributed by atoms with Crippen LogP contribution in [0.15, 0.2) is 24.3 Å². The predicted molar refractivity (Wildman–Crippen MR) is 66.1 cm³/mol. The van der Waals surface area contributed by atoms with E-state index < -0.39 is 11.7 Å². The maximum absolute atomic E-state index is 12.3. The van der Waals surface area contributed by atoms with Crippen LogP contribution in [0.2, 0.25) is 0 Å². The summed E-state index contributed by atoms with van der Waals surface area (Å²) in [7, 11) is 0. The van der Waals surface area contributed by atoms with Gasteiger partial charge in [0.2, 0.25) is 5.91 Å². The Morgan fingerprint density at radius 3 is 2.21 bits per heavy atom.